The van der Waals surface area contributed by atoms with E-state index < -0.39 is 5.97 Å². The van der Waals surface area contributed by atoms with E-state index in [1.54, 1.807) is 16.7 Å². The number of pyridine rings is 1. The van der Waals surface area contributed by atoms with Crippen molar-refractivity contribution >= 4 is 17.3 Å². The molecule has 2 heterocycles. The first-order chi connectivity index (χ1) is 7.99. The molecular formula is C12H12N2O3. The fraction of sp³-hybridized carbons (Fsp3) is 0.250. The molecule has 2 aromatic rings. The molecule has 5 nitrogen and oxygen atoms in total. The molecule has 0 aliphatic rings. The van der Waals surface area contributed by atoms with E-state index in [1.165, 1.54) is 6.92 Å². The summed E-state index contributed by atoms with van der Waals surface area (Å²) in [6.07, 6.45) is 1.87. The normalized spacial score (nSPS) is 10.7. The average molecular weight is 232 g/mol. The highest BCUT2D eigenvalue weighted by atomic mass is 16.4. The molecule has 5 heteroatoms. The third kappa shape index (κ3) is 2.04. The Balaban J connectivity index is 2.70. The average Bonchev–Trinajstić information content (AvgIpc) is 2.55. The Kier molecular flexibility index (Phi) is 2.67. The maximum Gasteiger partial charge on any atom is 0.356 e. The monoisotopic (exact) mass is 232 g/mol. The van der Waals surface area contributed by atoms with Crippen molar-refractivity contribution in [1.29, 1.82) is 0 Å². The van der Waals surface area contributed by atoms with Gasteiger partial charge < -0.3 is 9.51 Å². The number of hydrogen-bond acceptors (Lipinski definition) is 3. The van der Waals surface area contributed by atoms with E-state index in [0.29, 0.717) is 11.3 Å². The number of carboxylic acids is 1. The third-order valence-corrected chi connectivity index (χ3v) is 2.48. The molecule has 0 aromatic carbocycles. The zero-order chi connectivity index (χ0) is 12.6. The van der Waals surface area contributed by atoms with Gasteiger partial charge in [-0.15, -0.1) is 0 Å². The second-order valence-electron chi connectivity index (χ2n) is 4.02. The second kappa shape index (κ2) is 4.01. The molecule has 2 rings (SSSR count). The summed E-state index contributed by atoms with van der Waals surface area (Å²) in [4.78, 5) is 26.2. The van der Waals surface area contributed by atoms with Crippen molar-refractivity contribution < 1.29 is 14.7 Å². The van der Waals surface area contributed by atoms with Gasteiger partial charge in [0.05, 0.1) is 11.9 Å². The number of carbonyl (C=O) groups excluding carboxylic acids is 1. The van der Waals surface area contributed by atoms with Crippen LogP contribution in [0.5, 0.6) is 0 Å². The van der Waals surface area contributed by atoms with E-state index in [2.05, 4.69) is 4.98 Å². The number of Topliss-reactive ketones (excluding diaryl/α,β-unsaturated/α-hetero) is 1. The van der Waals surface area contributed by atoms with E-state index >= 15 is 0 Å². The van der Waals surface area contributed by atoms with Crippen LogP contribution in [0.25, 0.3) is 5.52 Å². The van der Waals surface area contributed by atoms with Gasteiger partial charge in [0, 0.05) is 6.20 Å². The van der Waals surface area contributed by atoms with E-state index in [4.69, 9.17) is 5.11 Å². The van der Waals surface area contributed by atoms with Crippen LogP contribution in [-0.2, 0) is 11.2 Å². The molecule has 0 aliphatic heterocycles. The van der Waals surface area contributed by atoms with Crippen LogP contribution in [0.4, 0.5) is 0 Å². The predicted molar refractivity (Wildman–Crippen MR) is 61.3 cm³/mol. The Morgan fingerprint density at radius 1 is 1.47 bits per heavy atom. The molecule has 0 saturated heterocycles. The standard InChI is InChI=1S/C12H12N2O3/c1-7-3-4-14-9(5-7)11(12(16)17)13-10(14)6-8(2)15/h3-5H,6H2,1-2H3,(H,16,17). The van der Waals surface area contributed by atoms with Crippen molar-refractivity contribution in [3.8, 4) is 0 Å². The maximum atomic E-state index is 11.1. The van der Waals surface area contributed by atoms with Crippen LogP contribution in [0.15, 0.2) is 18.3 Å². The number of fused-ring (bicyclic) bond motifs is 1. The molecule has 0 atom stereocenters. The topological polar surface area (TPSA) is 71.7 Å². The Bertz CT molecular complexity index is 613. The van der Waals surface area contributed by atoms with Gasteiger partial charge in [-0.25, -0.2) is 9.78 Å². The third-order valence-electron chi connectivity index (χ3n) is 2.48. The number of aromatic nitrogens is 2. The maximum absolute atomic E-state index is 11.1. The van der Waals surface area contributed by atoms with Gasteiger partial charge in [0.2, 0.25) is 0 Å². The minimum atomic E-state index is -1.08. The molecule has 2 aromatic heterocycles. The first kappa shape index (κ1) is 11.3. The second-order valence-corrected chi connectivity index (χ2v) is 4.02. The number of imidazole rings is 1. The number of hydrogen-bond donors (Lipinski definition) is 1. The van der Waals surface area contributed by atoms with Crippen LogP contribution in [0.1, 0.15) is 28.8 Å². The molecule has 0 unspecified atom stereocenters. The molecule has 17 heavy (non-hydrogen) atoms. The lowest BCUT2D eigenvalue weighted by Crippen LogP contribution is -2.02. The van der Waals surface area contributed by atoms with Crippen molar-refractivity contribution in [2.45, 2.75) is 20.3 Å². The predicted octanol–water partition coefficient (Wildman–Crippen LogP) is 1.47. The van der Waals surface area contributed by atoms with Gasteiger partial charge in [0.15, 0.2) is 5.69 Å². The summed E-state index contributed by atoms with van der Waals surface area (Å²) in [5.74, 6) is -0.665. The first-order valence-corrected chi connectivity index (χ1v) is 5.19. The molecular weight excluding hydrogens is 220 g/mol. The van der Waals surface area contributed by atoms with E-state index in [1.807, 2.05) is 13.0 Å². The SMILES string of the molecule is CC(=O)Cc1nc(C(=O)O)c2cc(C)ccn12. The molecule has 0 aliphatic carbocycles. The molecule has 88 valence electrons. The highest BCUT2D eigenvalue weighted by molar-refractivity contribution is 5.94. The van der Waals surface area contributed by atoms with Crippen LogP contribution >= 0.6 is 0 Å². The summed E-state index contributed by atoms with van der Waals surface area (Å²) in [7, 11) is 0. The molecule has 0 amide bonds. The van der Waals surface area contributed by atoms with Crippen molar-refractivity contribution in [3.05, 3.63) is 35.4 Å². The molecule has 1 N–H and O–H groups in total. The van der Waals surface area contributed by atoms with Gasteiger partial charge in [0.1, 0.15) is 11.6 Å². The van der Waals surface area contributed by atoms with Crippen molar-refractivity contribution in [2.75, 3.05) is 0 Å². The summed E-state index contributed by atoms with van der Waals surface area (Å²) in [5.41, 5.74) is 1.47. The van der Waals surface area contributed by atoms with E-state index in [0.717, 1.165) is 5.56 Å². The Labute approximate surface area is 97.7 Å². The lowest BCUT2D eigenvalue weighted by Gasteiger charge is -1.99. The lowest BCUT2D eigenvalue weighted by atomic mass is 10.2. The Morgan fingerprint density at radius 3 is 2.76 bits per heavy atom. The number of ketones is 1. The summed E-state index contributed by atoms with van der Waals surface area (Å²) in [5, 5.41) is 9.06. The minimum Gasteiger partial charge on any atom is -0.476 e. The van der Waals surface area contributed by atoms with Gasteiger partial charge in [-0.2, -0.15) is 0 Å². The lowest BCUT2D eigenvalue weighted by molar-refractivity contribution is -0.116. The Hall–Kier alpha value is -2.17. The van der Waals surface area contributed by atoms with Crippen molar-refractivity contribution in [1.82, 2.24) is 9.38 Å². The number of carbonyl (C=O) groups is 2. The Morgan fingerprint density at radius 2 is 2.18 bits per heavy atom. The number of nitrogens with zero attached hydrogens (tertiary/aromatic N) is 2. The van der Waals surface area contributed by atoms with Gasteiger partial charge in [-0.1, -0.05) is 0 Å². The molecule has 0 bridgehead atoms. The van der Waals surface area contributed by atoms with Gasteiger partial charge in [-0.3, -0.25) is 4.79 Å². The molecule has 0 radical (unpaired) electrons. The first-order valence-electron chi connectivity index (χ1n) is 5.19. The summed E-state index contributed by atoms with van der Waals surface area (Å²) in [6.45, 7) is 3.33. The molecule has 0 saturated carbocycles. The van der Waals surface area contributed by atoms with Gasteiger partial charge in [0.25, 0.3) is 0 Å². The van der Waals surface area contributed by atoms with Crippen molar-refractivity contribution in [3.63, 3.8) is 0 Å². The summed E-state index contributed by atoms with van der Waals surface area (Å²) in [6, 6.07) is 3.60. The fourth-order valence-corrected chi connectivity index (χ4v) is 1.76. The molecule has 0 fully saturated rings. The number of aromatic carboxylic acids is 1. The highest BCUT2D eigenvalue weighted by Crippen LogP contribution is 2.15. The van der Waals surface area contributed by atoms with Gasteiger partial charge in [-0.05, 0) is 31.5 Å². The summed E-state index contributed by atoms with van der Waals surface area (Å²) >= 11 is 0. The van der Waals surface area contributed by atoms with Crippen LogP contribution < -0.4 is 0 Å². The molecule has 0 spiro atoms. The quantitative estimate of drug-likeness (QED) is 0.869. The van der Waals surface area contributed by atoms with Gasteiger partial charge >= 0.3 is 5.97 Å². The number of aryl methyl sites for hydroxylation is 1. The summed E-state index contributed by atoms with van der Waals surface area (Å²) < 4.78 is 1.65. The van der Waals surface area contributed by atoms with Crippen molar-refractivity contribution in [2.24, 2.45) is 0 Å². The smallest absolute Gasteiger partial charge is 0.356 e. The number of rotatable bonds is 3. The highest BCUT2D eigenvalue weighted by Gasteiger charge is 2.17. The van der Waals surface area contributed by atoms with Crippen LogP contribution in [0, 0.1) is 6.92 Å². The minimum absolute atomic E-state index is 0.00931. The van der Waals surface area contributed by atoms with E-state index in [-0.39, 0.29) is 17.9 Å². The zero-order valence-electron chi connectivity index (χ0n) is 9.60. The van der Waals surface area contributed by atoms with Crippen LogP contribution in [0.3, 0.4) is 0 Å². The number of carboxylic acid groups (broad SMARTS) is 1. The van der Waals surface area contributed by atoms with Crippen LogP contribution in [0.2, 0.25) is 0 Å². The largest absolute Gasteiger partial charge is 0.476 e. The zero-order valence-corrected chi connectivity index (χ0v) is 9.60. The van der Waals surface area contributed by atoms with E-state index in [9.17, 15) is 9.59 Å². The van der Waals surface area contributed by atoms with Crippen LogP contribution in [-0.4, -0.2) is 26.2 Å². The fourth-order valence-electron chi connectivity index (χ4n) is 1.76.